The first kappa shape index (κ1) is 16.3. The van der Waals surface area contributed by atoms with Crippen LogP contribution in [0.3, 0.4) is 0 Å². The zero-order chi connectivity index (χ0) is 16.8. The van der Waals surface area contributed by atoms with E-state index in [1.807, 2.05) is 30.3 Å². The average Bonchev–Trinajstić information content (AvgIpc) is 3.44. The van der Waals surface area contributed by atoms with Gasteiger partial charge in [0.05, 0.1) is 19.3 Å². The van der Waals surface area contributed by atoms with Gasteiger partial charge in [-0.05, 0) is 31.0 Å². The molecular weight excluding hydrogens is 300 g/mol. The number of guanidine groups is 1. The summed E-state index contributed by atoms with van der Waals surface area (Å²) in [6.07, 6.45) is 4.13. The van der Waals surface area contributed by atoms with Crippen LogP contribution in [0.15, 0.2) is 53.7 Å². The maximum absolute atomic E-state index is 5.53. The molecule has 0 amide bonds. The minimum absolute atomic E-state index is 0.148. The molecule has 0 unspecified atom stereocenters. The van der Waals surface area contributed by atoms with Crippen molar-refractivity contribution >= 4 is 5.96 Å². The van der Waals surface area contributed by atoms with Crippen LogP contribution in [0, 0.1) is 0 Å². The summed E-state index contributed by atoms with van der Waals surface area (Å²) >= 11 is 0. The van der Waals surface area contributed by atoms with Crippen molar-refractivity contribution in [2.75, 3.05) is 20.7 Å². The number of hydrogen-bond acceptors (Lipinski definition) is 3. The number of rotatable bonds is 6. The number of nitrogens with one attached hydrogen (secondary N) is 2. The Labute approximate surface area is 143 Å². The standard InChI is InChI=1S/C19H24N4O/c1-20-18(22-13-15-7-5-6-12-21-15)23-14-19(10-11-19)16-8-3-4-9-17(16)24-2/h3-9,12H,10-11,13-14H2,1-2H3,(H2,20,22,23). The van der Waals surface area contributed by atoms with Gasteiger partial charge < -0.3 is 15.4 Å². The highest BCUT2D eigenvalue weighted by Gasteiger charge is 2.46. The summed E-state index contributed by atoms with van der Waals surface area (Å²) in [4.78, 5) is 8.62. The van der Waals surface area contributed by atoms with Gasteiger partial charge in [-0.3, -0.25) is 9.98 Å². The predicted octanol–water partition coefficient (Wildman–Crippen LogP) is 2.49. The maximum atomic E-state index is 5.53. The van der Waals surface area contributed by atoms with Gasteiger partial charge in [-0.15, -0.1) is 0 Å². The SMILES string of the molecule is CN=C(NCc1ccccn1)NCC1(c2ccccc2OC)CC1. The van der Waals surface area contributed by atoms with E-state index in [-0.39, 0.29) is 5.41 Å². The molecule has 1 aliphatic rings. The normalized spacial score (nSPS) is 15.7. The Morgan fingerprint density at radius 1 is 1.17 bits per heavy atom. The van der Waals surface area contributed by atoms with Gasteiger partial charge in [-0.25, -0.2) is 0 Å². The summed E-state index contributed by atoms with van der Waals surface area (Å²) in [5.74, 6) is 1.76. The highest BCUT2D eigenvalue weighted by atomic mass is 16.5. The number of aliphatic imine (C=N–C) groups is 1. The van der Waals surface area contributed by atoms with Gasteiger partial charge in [0.2, 0.25) is 0 Å². The lowest BCUT2D eigenvalue weighted by molar-refractivity contribution is 0.403. The van der Waals surface area contributed by atoms with Crippen molar-refractivity contribution in [3.05, 3.63) is 59.9 Å². The van der Waals surface area contributed by atoms with Crippen LogP contribution in [0.1, 0.15) is 24.1 Å². The molecule has 2 aromatic rings. The first-order chi connectivity index (χ1) is 11.8. The fraction of sp³-hybridized carbons (Fsp3) is 0.368. The second-order valence-corrected chi connectivity index (χ2v) is 6.08. The van der Waals surface area contributed by atoms with E-state index < -0.39 is 0 Å². The van der Waals surface area contributed by atoms with Crippen molar-refractivity contribution in [3.8, 4) is 5.75 Å². The Bertz CT molecular complexity index is 696. The molecule has 24 heavy (non-hydrogen) atoms. The fourth-order valence-corrected chi connectivity index (χ4v) is 2.93. The molecular formula is C19H24N4O. The lowest BCUT2D eigenvalue weighted by atomic mass is 9.95. The number of ether oxygens (including phenoxy) is 1. The number of pyridine rings is 1. The summed E-state index contributed by atoms with van der Waals surface area (Å²) < 4.78 is 5.53. The molecule has 1 aliphatic carbocycles. The third-order valence-electron chi connectivity index (χ3n) is 4.51. The summed E-state index contributed by atoms with van der Waals surface area (Å²) in [6.45, 7) is 1.50. The molecule has 126 valence electrons. The number of nitrogens with zero attached hydrogens (tertiary/aromatic N) is 2. The summed E-state index contributed by atoms with van der Waals surface area (Å²) in [7, 11) is 3.52. The van der Waals surface area contributed by atoms with E-state index in [1.54, 1.807) is 20.4 Å². The van der Waals surface area contributed by atoms with Gasteiger partial charge in [0.1, 0.15) is 5.75 Å². The lowest BCUT2D eigenvalue weighted by Gasteiger charge is -2.21. The largest absolute Gasteiger partial charge is 0.496 e. The van der Waals surface area contributed by atoms with Crippen molar-refractivity contribution in [2.24, 2.45) is 4.99 Å². The number of aromatic nitrogens is 1. The minimum atomic E-state index is 0.148. The van der Waals surface area contributed by atoms with Crippen LogP contribution in [0.25, 0.3) is 0 Å². The van der Waals surface area contributed by atoms with E-state index in [1.165, 1.54) is 5.56 Å². The van der Waals surface area contributed by atoms with Gasteiger partial charge in [-0.2, -0.15) is 0 Å². The van der Waals surface area contributed by atoms with Crippen LogP contribution >= 0.6 is 0 Å². The van der Waals surface area contributed by atoms with Gasteiger partial charge in [0.15, 0.2) is 5.96 Å². The Morgan fingerprint density at radius 2 is 1.96 bits per heavy atom. The second-order valence-electron chi connectivity index (χ2n) is 6.08. The highest BCUT2D eigenvalue weighted by Crippen LogP contribution is 2.50. The number of hydrogen-bond donors (Lipinski definition) is 2. The van der Waals surface area contributed by atoms with Crippen LogP contribution in [-0.4, -0.2) is 31.6 Å². The minimum Gasteiger partial charge on any atom is -0.496 e. The Kier molecular flexibility index (Phi) is 4.99. The zero-order valence-corrected chi connectivity index (χ0v) is 14.2. The predicted molar refractivity (Wildman–Crippen MR) is 96.3 cm³/mol. The molecule has 5 heteroatoms. The van der Waals surface area contributed by atoms with Crippen molar-refractivity contribution in [2.45, 2.75) is 24.8 Å². The Hall–Kier alpha value is -2.56. The molecule has 0 atom stereocenters. The van der Waals surface area contributed by atoms with E-state index in [0.717, 1.165) is 36.8 Å². The average molecular weight is 324 g/mol. The van der Waals surface area contributed by atoms with Gasteiger partial charge in [-0.1, -0.05) is 24.3 Å². The fourth-order valence-electron chi connectivity index (χ4n) is 2.93. The van der Waals surface area contributed by atoms with E-state index >= 15 is 0 Å². The van der Waals surface area contributed by atoms with Gasteiger partial charge in [0, 0.05) is 30.8 Å². The summed E-state index contributed by atoms with van der Waals surface area (Å²) in [5.41, 5.74) is 2.42. The first-order valence-electron chi connectivity index (χ1n) is 8.25. The monoisotopic (exact) mass is 324 g/mol. The van der Waals surface area contributed by atoms with E-state index in [9.17, 15) is 0 Å². The smallest absolute Gasteiger partial charge is 0.191 e. The maximum Gasteiger partial charge on any atom is 0.191 e. The molecule has 0 spiro atoms. The third kappa shape index (κ3) is 3.67. The van der Waals surface area contributed by atoms with Crippen LogP contribution in [0.5, 0.6) is 5.75 Å². The first-order valence-corrected chi connectivity index (χ1v) is 8.25. The molecule has 2 N–H and O–H groups in total. The molecule has 0 bridgehead atoms. The Balaban J connectivity index is 1.59. The van der Waals surface area contributed by atoms with Crippen LogP contribution in [0.2, 0.25) is 0 Å². The Morgan fingerprint density at radius 3 is 2.62 bits per heavy atom. The molecule has 1 heterocycles. The van der Waals surface area contributed by atoms with Crippen molar-refractivity contribution < 1.29 is 4.74 Å². The van der Waals surface area contributed by atoms with E-state index in [2.05, 4.69) is 32.7 Å². The molecule has 1 aromatic heterocycles. The molecule has 1 fully saturated rings. The van der Waals surface area contributed by atoms with Crippen molar-refractivity contribution in [1.29, 1.82) is 0 Å². The summed E-state index contributed by atoms with van der Waals surface area (Å²) in [5, 5.41) is 6.76. The quantitative estimate of drug-likeness (QED) is 0.633. The number of methoxy groups -OCH3 is 1. The van der Waals surface area contributed by atoms with E-state index in [0.29, 0.717) is 6.54 Å². The molecule has 0 saturated heterocycles. The molecule has 0 radical (unpaired) electrons. The molecule has 1 aromatic carbocycles. The van der Waals surface area contributed by atoms with Crippen LogP contribution in [-0.2, 0) is 12.0 Å². The lowest BCUT2D eigenvalue weighted by Crippen LogP contribution is -2.41. The van der Waals surface area contributed by atoms with Crippen LogP contribution < -0.4 is 15.4 Å². The van der Waals surface area contributed by atoms with Crippen LogP contribution in [0.4, 0.5) is 0 Å². The molecule has 0 aliphatic heterocycles. The van der Waals surface area contributed by atoms with Crippen molar-refractivity contribution in [3.63, 3.8) is 0 Å². The van der Waals surface area contributed by atoms with Gasteiger partial charge in [0.25, 0.3) is 0 Å². The number of para-hydroxylation sites is 1. The number of benzene rings is 1. The zero-order valence-electron chi connectivity index (χ0n) is 14.2. The molecule has 3 rings (SSSR count). The van der Waals surface area contributed by atoms with Crippen molar-refractivity contribution in [1.82, 2.24) is 15.6 Å². The van der Waals surface area contributed by atoms with Gasteiger partial charge >= 0.3 is 0 Å². The third-order valence-corrected chi connectivity index (χ3v) is 4.51. The second kappa shape index (κ2) is 7.34. The molecule has 1 saturated carbocycles. The summed E-state index contributed by atoms with van der Waals surface area (Å²) in [6, 6.07) is 14.2. The topological polar surface area (TPSA) is 58.5 Å². The molecule has 5 nitrogen and oxygen atoms in total. The van der Waals surface area contributed by atoms with E-state index in [4.69, 9.17) is 4.74 Å². The highest BCUT2D eigenvalue weighted by molar-refractivity contribution is 5.79.